The van der Waals surface area contributed by atoms with Crippen molar-refractivity contribution in [3.05, 3.63) is 26.6 Å². The molecule has 2 heterocycles. The molecule has 0 aliphatic carbocycles. The molecule has 1 saturated heterocycles. The minimum Gasteiger partial charge on any atom is -0.267 e. The van der Waals surface area contributed by atoms with E-state index in [1.165, 1.54) is 18.6 Å². The summed E-state index contributed by atoms with van der Waals surface area (Å²) in [5, 5.41) is 7.18. The number of nitrogens with one attached hydrogen (secondary N) is 1. The molecule has 1 unspecified atom stereocenters. The van der Waals surface area contributed by atoms with Crippen molar-refractivity contribution in [1.82, 2.24) is 10.2 Å². The smallest absolute Gasteiger partial charge is 0.267 e. The Morgan fingerprint density at radius 2 is 2.57 bits per heavy atom. The number of aromatic nitrogens is 2. The third-order valence-corrected chi connectivity index (χ3v) is 4.26. The summed E-state index contributed by atoms with van der Waals surface area (Å²) in [5.74, 6) is 1.26. The summed E-state index contributed by atoms with van der Waals surface area (Å²) in [4.78, 5) is 11.0. The first-order chi connectivity index (χ1) is 6.75. The van der Waals surface area contributed by atoms with E-state index in [9.17, 15) is 4.79 Å². The molecule has 0 amide bonds. The molecular formula is C9H11BrN2OS. The van der Waals surface area contributed by atoms with E-state index in [4.69, 9.17) is 0 Å². The van der Waals surface area contributed by atoms with Crippen LogP contribution in [0.25, 0.3) is 0 Å². The Kier molecular flexibility index (Phi) is 3.28. The largest absolute Gasteiger partial charge is 0.278 e. The van der Waals surface area contributed by atoms with Crippen molar-refractivity contribution in [2.75, 3.05) is 5.75 Å². The Morgan fingerprint density at radius 1 is 1.71 bits per heavy atom. The number of halogens is 1. The van der Waals surface area contributed by atoms with Crippen LogP contribution >= 0.6 is 27.7 Å². The lowest BCUT2D eigenvalue weighted by atomic mass is 10.1. The van der Waals surface area contributed by atoms with Crippen LogP contribution in [0.2, 0.25) is 0 Å². The Balaban J connectivity index is 2.09. The van der Waals surface area contributed by atoms with Crippen LogP contribution in [0.1, 0.15) is 18.5 Å². The topological polar surface area (TPSA) is 45.8 Å². The first kappa shape index (κ1) is 10.2. The van der Waals surface area contributed by atoms with Gasteiger partial charge < -0.3 is 0 Å². The number of nitrogens with zero attached hydrogens (tertiary/aromatic N) is 1. The number of aromatic amines is 1. The van der Waals surface area contributed by atoms with Gasteiger partial charge in [0.2, 0.25) is 0 Å². The van der Waals surface area contributed by atoms with Crippen LogP contribution in [0.5, 0.6) is 0 Å². The van der Waals surface area contributed by atoms with Gasteiger partial charge in [0, 0.05) is 11.7 Å². The zero-order chi connectivity index (χ0) is 9.97. The van der Waals surface area contributed by atoms with Crippen molar-refractivity contribution in [2.24, 2.45) is 0 Å². The molecule has 1 aromatic heterocycles. The lowest BCUT2D eigenvalue weighted by molar-refractivity contribution is 0.747. The monoisotopic (exact) mass is 274 g/mol. The number of H-pyrrole nitrogens is 1. The summed E-state index contributed by atoms with van der Waals surface area (Å²) in [5.41, 5.74) is 0.809. The molecule has 0 aromatic carbocycles. The maximum atomic E-state index is 11.0. The Bertz CT molecular complexity index is 373. The average Bonchev–Trinajstić information content (AvgIpc) is 2.64. The molecule has 0 bridgehead atoms. The van der Waals surface area contributed by atoms with Crippen molar-refractivity contribution >= 4 is 27.7 Å². The van der Waals surface area contributed by atoms with Gasteiger partial charge in [0.1, 0.15) is 0 Å². The van der Waals surface area contributed by atoms with E-state index < -0.39 is 0 Å². The molecule has 1 aromatic rings. The van der Waals surface area contributed by atoms with Gasteiger partial charge in [-0.15, -0.1) is 0 Å². The fourth-order valence-corrected chi connectivity index (χ4v) is 3.20. The van der Waals surface area contributed by atoms with Crippen LogP contribution in [0.15, 0.2) is 15.3 Å². The van der Waals surface area contributed by atoms with Gasteiger partial charge in [-0.25, -0.2) is 5.10 Å². The highest BCUT2D eigenvalue weighted by Gasteiger charge is 2.16. The number of rotatable bonds is 2. The molecule has 5 heteroatoms. The van der Waals surface area contributed by atoms with E-state index in [0.29, 0.717) is 9.72 Å². The van der Waals surface area contributed by atoms with Gasteiger partial charge in [-0.3, -0.25) is 4.79 Å². The van der Waals surface area contributed by atoms with Crippen molar-refractivity contribution < 1.29 is 0 Å². The van der Waals surface area contributed by atoms with Crippen molar-refractivity contribution in [3.63, 3.8) is 0 Å². The SMILES string of the molecule is O=c1[nH]nc(CC2CCCS2)cc1Br. The molecule has 1 aliphatic heterocycles. The summed E-state index contributed by atoms with van der Waals surface area (Å²) in [7, 11) is 0. The lowest BCUT2D eigenvalue weighted by Crippen LogP contribution is -2.13. The van der Waals surface area contributed by atoms with Crippen LogP contribution in [-0.2, 0) is 6.42 Å². The molecule has 1 fully saturated rings. The molecule has 1 atom stereocenters. The highest BCUT2D eigenvalue weighted by molar-refractivity contribution is 9.10. The molecule has 76 valence electrons. The first-order valence-corrected chi connectivity index (χ1v) is 6.45. The average molecular weight is 275 g/mol. The van der Waals surface area contributed by atoms with Crippen molar-refractivity contribution in [2.45, 2.75) is 24.5 Å². The maximum absolute atomic E-state index is 11.0. The van der Waals surface area contributed by atoms with Gasteiger partial charge in [0.05, 0.1) is 10.2 Å². The van der Waals surface area contributed by atoms with Gasteiger partial charge in [0.25, 0.3) is 5.56 Å². The van der Waals surface area contributed by atoms with Crippen molar-refractivity contribution in [1.29, 1.82) is 0 Å². The highest BCUT2D eigenvalue weighted by atomic mass is 79.9. The zero-order valence-corrected chi connectivity index (χ0v) is 10.0. The van der Waals surface area contributed by atoms with Crippen LogP contribution in [-0.4, -0.2) is 21.2 Å². The fourth-order valence-electron chi connectivity index (χ4n) is 1.56. The van der Waals surface area contributed by atoms with Crippen LogP contribution in [0.3, 0.4) is 0 Å². The standard InChI is InChI=1S/C9H11BrN2OS/c10-8-5-6(11-12-9(8)13)4-7-2-1-3-14-7/h5,7H,1-4H2,(H,12,13). The Labute approximate surface area is 94.8 Å². The van der Waals surface area contributed by atoms with E-state index in [-0.39, 0.29) is 5.56 Å². The van der Waals surface area contributed by atoms with Gasteiger partial charge in [-0.2, -0.15) is 16.9 Å². The van der Waals surface area contributed by atoms with Crippen molar-refractivity contribution in [3.8, 4) is 0 Å². The number of hydrogen-bond acceptors (Lipinski definition) is 3. The van der Waals surface area contributed by atoms with E-state index in [2.05, 4.69) is 26.1 Å². The minimum atomic E-state index is -0.159. The lowest BCUT2D eigenvalue weighted by Gasteiger charge is -2.06. The zero-order valence-electron chi connectivity index (χ0n) is 7.62. The molecule has 2 rings (SSSR count). The highest BCUT2D eigenvalue weighted by Crippen LogP contribution is 2.28. The maximum Gasteiger partial charge on any atom is 0.278 e. The van der Waals surface area contributed by atoms with Gasteiger partial charge in [0.15, 0.2) is 0 Å². The first-order valence-electron chi connectivity index (χ1n) is 4.61. The van der Waals surface area contributed by atoms with Crippen LogP contribution in [0.4, 0.5) is 0 Å². The molecule has 3 nitrogen and oxygen atoms in total. The van der Waals surface area contributed by atoms with Crippen LogP contribution < -0.4 is 5.56 Å². The van der Waals surface area contributed by atoms with Gasteiger partial charge in [-0.05, 0) is 40.6 Å². The predicted octanol–water partition coefficient (Wildman–Crippen LogP) is 1.97. The molecule has 0 spiro atoms. The summed E-state index contributed by atoms with van der Waals surface area (Å²) in [6.07, 6.45) is 3.53. The molecule has 0 saturated carbocycles. The molecule has 1 N–H and O–H groups in total. The molecular weight excluding hydrogens is 264 g/mol. The third-order valence-electron chi connectivity index (χ3n) is 2.27. The predicted molar refractivity (Wildman–Crippen MR) is 61.7 cm³/mol. The molecule has 1 aliphatic rings. The second kappa shape index (κ2) is 4.49. The van der Waals surface area contributed by atoms with E-state index >= 15 is 0 Å². The second-order valence-electron chi connectivity index (χ2n) is 3.38. The van der Waals surface area contributed by atoms with Crippen LogP contribution in [0, 0.1) is 0 Å². The van der Waals surface area contributed by atoms with E-state index in [0.717, 1.165) is 12.1 Å². The van der Waals surface area contributed by atoms with Gasteiger partial charge >= 0.3 is 0 Å². The minimum absolute atomic E-state index is 0.159. The quantitative estimate of drug-likeness (QED) is 0.897. The second-order valence-corrected chi connectivity index (χ2v) is 5.64. The Hall–Kier alpha value is -0.290. The summed E-state index contributed by atoms with van der Waals surface area (Å²) in [6, 6.07) is 1.82. The summed E-state index contributed by atoms with van der Waals surface area (Å²) < 4.78 is 0.575. The summed E-state index contributed by atoms with van der Waals surface area (Å²) >= 11 is 5.20. The Morgan fingerprint density at radius 3 is 3.21 bits per heavy atom. The molecule has 0 radical (unpaired) electrons. The number of hydrogen-bond donors (Lipinski definition) is 1. The normalized spacial score (nSPS) is 21.4. The number of thioether (sulfide) groups is 1. The summed E-state index contributed by atoms with van der Waals surface area (Å²) in [6.45, 7) is 0. The van der Waals surface area contributed by atoms with Gasteiger partial charge in [-0.1, -0.05) is 0 Å². The van der Waals surface area contributed by atoms with E-state index in [1.807, 2.05) is 17.8 Å². The van der Waals surface area contributed by atoms with E-state index in [1.54, 1.807) is 0 Å². The fraction of sp³-hybridized carbons (Fsp3) is 0.556. The molecule has 14 heavy (non-hydrogen) atoms. The third kappa shape index (κ3) is 2.39.